The third kappa shape index (κ3) is 4.02. The minimum absolute atomic E-state index is 0.0976. The van der Waals surface area contributed by atoms with Gasteiger partial charge in [0, 0.05) is 17.6 Å². The van der Waals surface area contributed by atoms with E-state index in [9.17, 15) is 4.79 Å². The number of halogens is 1. The number of nitrogens with one attached hydrogen (secondary N) is 1. The van der Waals surface area contributed by atoms with Gasteiger partial charge in [-0.3, -0.25) is 9.69 Å². The van der Waals surface area contributed by atoms with Crippen LogP contribution in [-0.4, -0.2) is 23.9 Å². The Labute approximate surface area is 163 Å². The number of amides is 1. The quantitative estimate of drug-likeness (QED) is 0.785. The number of hydrogen-bond acceptors (Lipinski definition) is 2. The number of carbonyl (C=O) groups excluding carboxylic acids is 1. The molecule has 1 aliphatic carbocycles. The summed E-state index contributed by atoms with van der Waals surface area (Å²) in [6.45, 7) is 2.87. The summed E-state index contributed by atoms with van der Waals surface area (Å²) in [5, 5.41) is 3.38. The van der Waals surface area contributed by atoms with Gasteiger partial charge in [0.15, 0.2) is 0 Å². The lowest BCUT2D eigenvalue weighted by Gasteiger charge is -2.33. The minimum atomic E-state index is -0.126. The van der Waals surface area contributed by atoms with Gasteiger partial charge in [-0.2, -0.15) is 0 Å². The maximum Gasteiger partial charge on any atom is 0.225 e. The van der Waals surface area contributed by atoms with E-state index >= 15 is 0 Å². The van der Waals surface area contributed by atoms with Crippen molar-refractivity contribution in [3.63, 3.8) is 0 Å². The number of carbonyl (C=O) groups is 1. The van der Waals surface area contributed by atoms with Gasteiger partial charge in [-0.15, -0.1) is 0 Å². The molecule has 2 aromatic rings. The minimum Gasteiger partial charge on any atom is -0.346 e. The molecule has 2 fully saturated rings. The summed E-state index contributed by atoms with van der Waals surface area (Å²) in [5.74, 6) is 0.323. The van der Waals surface area contributed by atoms with Crippen LogP contribution in [0.4, 0.5) is 0 Å². The number of nitrogens with zero attached hydrogens (tertiary/aromatic N) is 1. The first kappa shape index (κ1) is 17.7. The van der Waals surface area contributed by atoms with Gasteiger partial charge in [0.05, 0.1) is 11.5 Å². The molecule has 4 heteroatoms. The van der Waals surface area contributed by atoms with Crippen LogP contribution in [0.25, 0.3) is 0 Å². The second-order valence-corrected chi connectivity index (χ2v) is 8.55. The molecule has 0 aromatic heterocycles. The van der Waals surface area contributed by atoms with E-state index < -0.39 is 0 Å². The first-order chi connectivity index (χ1) is 12.6. The Hall–Kier alpha value is -1.65. The Kier molecular flexibility index (Phi) is 5.14. The van der Waals surface area contributed by atoms with E-state index in [4.69, 9.17) is 0 Å². The molecule has 1 saturated heterocycles. The van der Waals surface area contributed by atoms with Gasteiger partial charge in [-0.05, 0) is 55.5 Å². The summed E-state index contributed by atoms with van der Waals surface area (Å²) in [6.07, 6.45) is 4.17. The van der Waals surface area contributed by atoms with Crippen LogP contribution in [0.1, 0.15) is 36.8 Å². The first-order valence-corrected chi connectivity index (χ1v) is 10.3. The maximum atomic E-state index is 12.9. The van der Waals surface area contributed by atoms with Crippen molar-refractivity contribution in [2.45, 2.75) is 37.8 Å². The molecule has 4 rings (SSSR count). The molecule has 1 unspecified atom stereocenters. The van der Waals surface area contributed by atoms with Crippen molar-refractivity contribution in [1.29, 1.82) is 0 Å². The molecule has 1 atom stereocenters. The molecule has 1 saturated carbocycles. The van der Waals surface area contributed by atoms with E-state index in [0.717, 1.165) is 49.8 Å². The van der Waals surface area contributed by atoms with E-state index in [0.29, 0.717) is 0 Å². The molecule has 26 heavy (non-hydrogen) atoms. The molecule has 0 radical (unpaired) electrons. The highest BCUT2D eigenvalue weighted by Gasteiger charge is 2.46. The molecule has 0 bridgehead atoms. The van der Waals surface area contributed by atoms with Crippen molar-refractivity contribution >= 4 is 21.8 Å². The van der Waals surface area contributed by atoms with Crippen molar-refractivity contribution in [3.8, 4) is 0 Å². The number of hydrogen-bond donors (Lipinski definition) is 1. The Morgan fingerprint density at radius 3 is 2.54 bits per heavy atom. The molecule has 2 aromatic carbocycles. The SMILES string of the molecule is O=C(NC1(c2ccc(Br)cc2)CC1)C1CCCN(Cc2ccccc2)C1. The molecule has 1 heterocycles. The zero-order chi connectivity index (χ0) is 18.0. The number of benzene rings is 2. The molecule has 0 spiro atoms. The van der Waals surface area contributed by atoms with Crippen molar-refractivity contribution in [3.05, 3.63) is 70.2 Å². The lowest BCUT2D eigenvalue weighted by molar-refractivity contribution is -0.127. The molecular weight excluding hydrogens is 388 g/mol. The van der Waals surface area contributed by atoms with E-state index in [-0.39, 0.29) is 17.4 Å². The fraction of sp³-hybridized carbons (Fsp3) is 0.409. The topological polar surface area (TPSA) is 32.3 Å². The highest BCUT2D eigenvalue weighted by Crippen LogP contribution is 2.46. The molecular formula is C22H25BrN2O. The largest absolute Gasteiger partial charge is 0.346 e. The Bertz CT molecular complexity index is 755. The number of rotatable bonds is 5. The molecule has 1 amide bonds. The van der Waals surface area contributed by atoms with Crippen LogP contribution in [0, 0.1) is 5.92 Å². The zero-order valence-corrected chi connectivity index (χ0v) is 16.5. The Balaban J connectivity index is 1.38. The van der Waals surface area contributed by atoms with Crippen LogP contribution < -0.4 is 5.32 Å². The Morgan fingerprint density at radius 1 is 1.12 bits per heavy atom. The lowest BCUT2D eigenvalue weighted by Crippen LogP contribution is -2.45. The van der Waals surface area contributed by atoms with E-state index in [1.165, 1.54) is 11.1 Å². The van der Waals surface area contributed by atoms with Crippen LogP contribution in [0.5, 0.6) is 0 Å². The maximum absolute atomic E-state index is 12.9. The van der Waals surface area contributed by atoms with Crippen molar-refractivity contribution in [1.82, 2.24) is 10.2 Å². The predicted octanol–water partition coefficient (Wildman–Crippen LogP) is 4.47. The summed E-state index contributed by atoms with van der Waals surface area (Å²) >= 11 is 3.49. The first-order valence-electron chi connectivity index (χ1n) is 9.49. The number of likely N-dealkylation sites (tertiary alicyclic amines) is 1. The van der Waals surface area contributed by atoms with Crippen molar-refractivity contribution < 1.29 is 4.79 Å². The van der Waals surface area contributed by atoms with Crippen LogP contribution in [0.2, 0.25) is 0 Å². The fourth-order valence-corrected chi connectivity index (χ4v) is 4.24. The van der Waals surface area contributed by atoms with E-state index in [1.54, 1.807) is 0 Å². The molecule has 1 N–H and O–H groups in total. The van der Waals surface area contributed by atoms with Gasteiger partial charge in [0.2, 0.25) is 5.91 Å². The average molecular weight is 413 g/mol. The molecule has 1 aliphatic heterocycles. The number of piperidine rings is 1. The van der Waals surface area contributed by atoms with Gasteiger partial charge in [-0.1, -0.05) is 58.4 Å². The van der Waals surface area contributed by atoms with E-state index in [1.807, 2.05) is 6.07 Å². The normalized spacial score (nSPS) is 22.0. The van der Waals surface area contributed by atoms with Crippen molar-refractivity contribution in [2.75, 3.05) is 13.1 Å². The highest BCUT2D eigenvalue weighted by molar-refractivity contribution is 9.10. The molecule has 136 valence electrons. The second-order valence-electron chi connectivity index (χ2n) is 7.64. The van der Waals surface area contributed by atoms with Crippen LogP contribution in [-0.2, 0) is 16.9 Å². The fourth-order valence-electron chi connectivity index (χ4n) is 3.97. The van der Waals surface area contributed by atoms with Gasteiger partial charge in [-0.25, -0.2) is 0 Å². The molecule has 2 aliphatic rings. The third-order valence-corrected chi connectivity index (χ3v) is 6.16. The summed E-state index contributed by atoms with van der Waals surface area (Å²) in [7, 11) is 0. The van der Waals surface area contributed by atoms with Crippen LogP contribution in [0.15, 0.2) is 59.1 Å². The summed E-state index contributed by atoms with van der Waals surface area (Å²) < 4.78 is 1.08. The lowest BCUT2D eigenvalue weighted by atomic mass is 9.95. The van der Waals surface area contributed by atoms with Crippen LogP contribution in [0.3, 0.4) is 0 Å². The summed E-state index contributed by atoms with van der Waals surface area (Å²) in [5.41, 5.74) is 2.42. The highest BCUT2D eigenvalue weighted by atomic mass is 79.9. The van der Waals surface area contributed by atoms with Gasteiger partial charge < -0.3 is 5.32 Å². The van der Waals surface area contributed by atoms with Crippen LogP contribution >= 0.6 is 15.9 Å². The predicted molar refractivity (Wildman–Crippen MR) is 108 cm³/mol. The summed E-state index contributed by atoms with van der Waals surface area (Å²) in [6, 6.07) is 18.9. The van der Waals surface area contributed by atoms with Gasteiger partial charge in [0.1, 0.15) is 0 Å². The standard InChI is InChI=1S/C22H25BrN2O/c23-20-10-8-19(9-11-20)22(12-13-22)24-21(26)18-7-4-14-25(16-18)15-17-5-2-1-3-6-17/h1-3,5-6,8-11,18H,4,7,12-16H2,(H,24,26). The average Bonchev–Trinajstić information content (AvgIpc) is 3.44. The smallest absolute Gasteiger partial charge is 0.225 e. The summed E-state index contributed by atoms with van der Waals surface area (Å²) in [4.78, 5) is 15.4. The second kappa shape index (κ2) is 7.53. The van der Waals surface area contributed by atoms with E-state index in [2.05, 4.69) is 74.7 Å². The van der Waals surface area contributed by atoms with Gasteiger partial charge in [0.25, 0.3) is 0 Å². The molecule has 3 nitrogen and oxygen atoms in total. The zero-order valence-electron chi connectivity index (χ0n) is 15.0. The van der Waals surface area contributed by atoms with Crippen molar-refractivity contribution in [2.24, 2.45) is 5.92 Å². The monoisotopic (exact) mass is 412 g/mol. The van der Waals surface area contributed by atoms with Gasteiger partial charge >= 0.3 is 0 Å². The Morgan fingerprint density at radius 2 is 1.85 bits per heavy atom. The third-order valence-electron chi connectivity index (χ3n) is 5.63.